The molecule has 7 heteroatoms. The lowest BCUT2D eigenvalue weighted by atomic mass is 9.92. The number of amides is 1. The Morgan fingerprint density at radius 2 is 1.54 bits per heavy atom. The SMILES string of the molecule is COc1cc(OC)c(OC)cc1CNC(=O)C(C)(N)c1ccccc1.Cl. The van der Waals surface area contributed by atoms with E-state index < -0.39 is 5.54 Å². The van der Waals surface area contributed by atoms with Crippen LogP contribution in [0.1, 0.15) is 18.1 Å². The molecule has 0 radical (unpaired) electrons. The third-order valence-electron chi connectivity index (χ3n) is 4.07. The second-order valence-corrected chi connectivity index (χ2v) is 5.77. The minimum absolute atomic E-state index is 0. The van der Waals surface area contributed by atoms with Gasteiger partial charge in [0.2, 0.25) is 5.91 Å². The van der Waals surface area contributed by atoms with Gasteiger partial charge in [-0.25, -0.2) is 0 Å². The number of nitrogens with one attached hydrogen (secondary N) is 1. The lowest BCUT2D eigenvalue weighted by Crippen LogP contribution is -2.48. The van der Waals surface area contributed by atoms with Crippen LogP contribution < -0.4 is 25.3 Å². The van der Waals surface area contributed by atoms with Gasteiger partial charge in [0.1, 0.15) is 11.3 Å². The predicted molar refractivity (Wildman–Crippen MR) is 103 cm³/mol. The number of rotatable bonds is 7. The molecular formula is C19H25ClN2O4. The average molecular weight is 381 g/mol. The van der Waals surface area contributed by atoms with Crippen LogP contribution in [-0.2, 0) is 16.9 Å². The minimum Gasteiger partial charge on any atom is -0.496 e. The quantitative estimate of drug-likeness (QED) is 0.771. The maximum Gasteiger partial charge on any atom is 0.244 e. The molecule has 0 fully saturated rings. The lowest BCUT2D eigenvalue weighted by molar-refractivity contribution is -0.126. The number of carbonyl (C=O) groups excluding carboxylic acids is 1. The fraction of sp³-hybridized carbons (Fsp3) is 0.316. The molecule has 0 bridgehead atoms. The van der Waals surface area contributed by atoms with Gasteiger partial charge in [0, 0.05) is 18.2 Å². The van der Waals surface area contributed by atoms with E-state index in [1.807, 2.05) is 30.3 Å². The van der Waals surface area contributed by atoms with Crippen LogP contribution in [0.15, 0.2) is 42.5 Å². The van der Waals surface area contributed by atoms with Crippen molar-refractivity contribution >= 4 is 18.3 Å². The Morgan fingerprint density at radius 3 is 2.08 bits per heavy atom. The Bertz CT molecular complexity index is 736. The molecule has 0 heterocycles. The summed E-state index contributed by atoms with van der Waals surface area (Å²) in [7, 11) is 4.67. The van der Waals surface area contributed by atoms with Crippen LogP contribution in [-0.4, -0.2) is 27.2 Å². The van der Waals surface area contributed by atoms with Crippen LogP contribution in [0, 0.1) is 0 Å². The monoisotopic (exact) mass is 380 g/mol. The molecule has 0 aliphatic carbocycles. The van der Waals surface area contributed by atoms with Crippen LogP contribution in [0.2, 0.25) is 0 Å². The van der Waals surface area contributed by atoms with E-state index in [1.54, 1.807) is 40.4 Å². The Balaban J connectivity index is 0.00000338. The molecule has 6 nitrogen and oxygen atoms in total. The number of ether oxygens (including phenoxy) is 3. The van der Waals surface area contributed by atoms with E-state index >= 15 is 0 Å². The molecule has 142 valence electrons. The van der Waals surface area contributed by atoms with Crippen LogP contribution >= 0.6 is 12.4 Å². The van der Waals surface area contributed by atoms with E-state index in [-0.39, 0.29) is 24.9 Å². The Morgan fingerprint density at radius 1 is 1.00 bits per heavy atom. The molecule has 2 rings (SSSR count). The molecule has 1 unspecified atom stereocenters. The van der Waals surface area contributed by atoms with Crippen LogP contribution in [0.25, 0.3) is 0 Å². The van der Waals surface area contributed by atoms with Crippen molar-refractivity contribution in [1.29, 1.82) is 0 Å². The Labute approximate surface area is 160 Å². The predicted octanol–water partition coefficient (Wildman–Crippen LogP) is 2.62. The first-order chi connectivity index (χ1) is 11.9. The molecule has 0 aliphatic rings. The fourth-order valence-corrected chi connectivity index (χ4v) is 2.51. The molecule has 0 aliphatic heterocycles. The summed E-state index contributed by atoms with van der Waals surface area (Å²) in [5.41, 5.74) is 6.60. The molecule has 0 aromatic heterocycles. The van der Waals surface area contributed by atoms with Crippen molar-refractivity contribution in [3.63, 3.8) is 0 Å². The third kappa shape index (κ3) is 4.59. The highest BCUT2D eigenvalue weighted by molar-refractivity contribution is 5.87. The maximum absolute atomic E-state index is 12.6. The highest BCUT2D eigenvalue weighted by Crippen LogP contribution is 2.34. The van der Waals surface area contributed by atoms with Crippen molar-refractivity contribution < 1.29 is 19.0 Å². The van der Waals surface area contributed by atoms with Crippen LogP contribution in [0.3, 0.4) is 0 Å². The molecule has 1 atom stereocenters. The van der Waals surface area contributed by atoms with Crippen molar-refractivity contribution in [2.45, 2.75) is 19.0 Å². The van der Waals surface area contributed by atoms with E-state index in [4.69, 9.17) is 19.9 Å². The van der Waals surface area contributed by atoms with Crippen molar-refractivity contribution in [2.75, 3.05) is 21.3 Å². The first-order valence-electron chi connectivity index (χ1n) is 7.85. The summed E-state index contributed by atoms with van der Waals surface area (Å²) in [4.78, 5) is 12.6. The lowest BCUT2D eigenvalue weighted by Gasteiger charge is -2.24. The highest BCUT2D eigenvalue weighted by Gasteiger charge is 2.30. The van der Waals surface area contributed by atoms with E-state index in [2.05, 4.69) is 5.32 Å². The molecule has 3 N–H and O–H groups in total. The fourth-order valence-electron chi connectivity index (χ4n) is 2.51. The normalized spacial score (nSPS) is 12.3. The van der Waals surface area contributed by atoms with E-state index in [0.717, 1.165) is 11.1 Å². The topological polar surface area (TPSA) is 82.8 Å². The molecule has 0 saturated heterocycles. The number of hydrogen-bond acceptors (Lipinski definition) is 5. The summed E-state index contributed by atoms with van der Waals surface area (Å²) < 4.78 is 15.9. The standard InChI is InChI=1S/C19H24N2O4.ClH/c1-19(20,14-8-6-5-7-9-14)18(22)21-12-13-10-16(24-3)17(25-4)11-15(13)23-2;/h5-11H,12,20H2,1-4H3,(H,21,22);1H. The Kier molecular flexibility index (Phi) is 7.74. The zero-order valence-corrected chi connectivity index (χ0v) is 16.2. The van der Waals surface area contributed by atoms with Crippen molar-refractivity contribution in [2.24, 2.45) is 5.73 Å². The number of nitrogens with two attached hydrogens (primary N) is 1. The van der Waals surface area contributed by atoms with Gasteiger partial charge in [0.05, 0.1) is 21.3 Å². The number of benzene rings is 2. The van der Waals surface area contributed by atoms with Gasteiger partial charge in [0.25, 0.3) is 0 Å². The summed E-state index contributed by atoms with van der Waals surface area (Å²) in [6, 6.07) is 12.7. The average Bonchev–Trinajstić information content (AvgIpc) is 2.65. The molecule has 2 aromatic rings. The van der Waals surface area contributed by atoms with Gasteiger partial charge in [0.15, 0.2) is 11.5 Å². The van der Waals surface area contributed by atoms with Gasteiger partial charge in [-0.3, -0.25) is 4.79 Å². The zero-order valence-electron chi connectivity index (χ0n) is 15.4. The van der Waals surface area contributed by atoms with Gasteiger partial charge in [-0.1, -0.05) is 30.3 Å². The molecule has 0 saturated carbocycles. The molecule has 2 aromatic carbocycles. The van der Waals surface area contributed by atoms with Crippen molar-refractivity contribution in [3.8, 4) is 17.2 Å². The van der Waals surface area contributed by atoms with Crippen molar-refractivity contribution in [3.05, 3.63) is 53.6 Å². The first kappa shape index (κ1) is 21.6. The van der Waals surface area contributed by atoms with E-state index in [0.29, 0.717) is 17.2 Å². The number of methoxy groups -OCH3 is 3. The highest BCUT2D eigenvalue weighted by atomic mass is 35.5. The van der Waals surface area contributed by atoms with Gasteiger partial charge < -0.3 is 25.3 Å². The van der Waals surface area contributed by atoms with Gasteiger partial charge in [-0.15, -0.1) is 12.4 Å². The Hall–Kier alpha value is -2.44. The van der Waals surface area contributed by atoms with E-state index in [9.17, 15) is 4.79 Å². The molecule has 26 heavy (non-hydrogen) atoms. The van der Waals surface area contributed by atoms with Crippen molar-refractivity contribution in [1.82, 2.24) is 5.32 Å². The van der Waals surface area contributed by atoms with Gasteiger partial charge >= 0.3 is 0 Å². The second kappa shape index (κ2) is 9.31. The summed E-state index contributed by atoms with van der Waals surface area (Å²) in [6.45, 7) is 1.94. The molecule has 0 spiro atoms. The first-order valence-corrected chi connectivity index (χ1v) is 7.85. The van der Waals surface area contributed by atoms with Crippen LogP contribution in [0.5, 0.6) is 17.2 Å². The molecule has 1 amide bonds. The van der Waals surface area contributed by atoms with Crippen LogP contribution in [0.4, 0.5) is 0 Å². The third-order valence-corrected chi connectivity index (χ3v) is 4.07. The maximum atomic E-state index is 12.6. The molecular weight excluding hydrogens is 356 g/mol. The minimum atomic E-state index is -1.13. The summed E-state index contributed by atoms with van der Waals surface area (Å²) in [5, 5.41) is 2.86. The van der Waals surface area contributed by atoms with Gasteiger partial charge in [-0.2, -0.15) is 0 Å². The second-order valence-electron chi connectivity index (χ2n) is 5.77. The van der Waals surface area contributed by atoms with E-state index in [1.165, 1.54) is 0 Å². The summed E-state index contributed by atoms with van der Waals surface area (Å²) in [5.74, 6) is 1.43. The summed E-state index contributed by atoms with van der Waals surface area (Å²) >= 11 is 0. The number of hydrogen-bond donors (Lipinski definition) is 2. The smallest absolute Gasteiger partial charge is 0.244 e. The zero-order chi connectivity index (χ0) is 18.4. The summed E-state index contributed by atoms with van der Waals surface area (Å²) in [6.07, 6.45) is 0. The largest absolute Gasteiger partial charge is 0.496 e. The van der Waals surface area contributed by atoms with Gasteiger partial charge in [-0.05, 0) is 18.6 Å². The number of halogens is 1. The number of carbonyl (C=O) groups is 1.